The predicted octanol–water partition coefficient (Wildman–Crippen LogP) is 17.4. The lowest BCUT2D eigenvalue weighted by atomic mass is 9.67. The van der Waals surface area contributed by atoms with Gasteiger partial charge in [-0.25, -0.2) is 69.2 Å². The molecule has 1 saturated carbocycles. The number of amides is 1. The quantitative estimate of drug-likeness (QED) is 0.0278. The first-order chi connectivity index (χ1) is 68.1. The van der Waals surface area contributed by atoms with Crippen LogP contribution in [0.5, 0.6) is 0 Å². The van der Waals surface area contributed by atoms with E-state index in [0.29, 0.717) is 57.0 Å². The normalized spacial score (nSPS) is 18.7. The van der Waals surface area contributed by atoms with E-state index in [1.807, 2.05) is 40.8 Å². The van der Waals surface area contributed by atoms with Crippen LogP contribution < -0.4 is 9.44 Å². The number of carbonyl (C=O) groups is 1. The molecule has 0 spiro atoms. The number of fused-ring (bicyclic) bond motifs is 10. The van der Waals surface area contributed by atoms with Gasteiger partial charge in [-0.15, -0.1) is 79.4 Å². The maximum absolute atomic E-state index is 12.4. The molecule has 1 aliphatic carbocycles. The number of rotatable bonds is 30. The molecule has 2 fully saturated rings. The highest BCUT2D eigenvalue weighted by Gasteiger charge is 2.56. The fourth-order valence-corrected chi connectivity index (χ4v) is 30.0. The molecule has 7 aromatic heterocycles. The Kier molecular flexibility index (Phi) is 44.4. The van der Waals surface area contributed by atoms with Crippen LogP contribution in [-0.4, -0.2) is 301 Å². The SMILES string of the molecule is CB(O)CCCN1CCc2nc(C(C)(C)C)sc2C1.CC(C)(C)c1nc2c(s1)C1CCC(C2)N1CCNS(C)(=O)=O.CC(C)(C)c1nc2c(s1)CN(C1(C(=O)NS(C)(=O)=O)CC1)CC2.CN(CCN1CCc2nc(C(C)(C)C)sc2C1)S(C)(=O)=O.COB(CCCN1CCc2nc(C(C)(C)C)sc2C1)OC.COP(=O)(CCN1CCc2nc(C(C)(C)C)sc2C1)OC.COP(=O)(CN1CCc2nc(C(C)(C)C)sc2C1)OC. The molecule has 2 bridgehead atoms. The number of hydrogen-bond donors (Lipinski definition) is 3. The maximum atomic E-state index is 12.4. The van der Waals surface area contributed by atoms with Crippen LogP contribution in [0.3, 0.4) is 0 Å². The summed E-state index contributed by atoms with van der Waals surface area (Å²) in [4.78, 5) is 71.9. The van der Waals surface area contributed by atoms with Gasteiger partial charge in [0, 0.05) is 290 Å². The summed E-state index contributed by atoms with van der Waals surface area (Å²) in [6, 6.07) is 0.956. The van der Waals surface area contributed by atoms with E-state index in [4.69, 9.17) is 62.3 Å². The van der Waals surface area contributed by atoms with Crippen molar-refractivity contribution < 1.29 is 71.6 Å². The lowest BCUT2D eigenvalue weighted by molar-refractivity contribution is -0.126. The first-order valence-corrected chi connectivity index (χ1v) is 66.5. The number of thiazole rings is 7. The summed E-state index contributed by atoms with van der Waals surface area (Å²) >= 11 is 12.7. The van der Waals surface area contributed by atoms with Crippen LogP contribution in [0.25, 0.3) is 0 Å². The van der Waals surface area contributed by atoms with Gasteiger partial charge in [-0.1, -0.05) is 152 Å². The van der Waals surface area contributed by atoms with Crippen molar-refractivity contribution in [1.82, 2.24) is 82.9 Å². The Morgan fingerprint density at radius 3 is 1.12 bits per heavy atom. The van der Waals surface area contributed by atoms with Crippen LogP contribution in [0.15, 0.2) is 0 Å². The molecule has 9 aliphatic rings. The second-order valence-corrected chi connectivity index (χ2v) is 65.4. The minimum Gasteiger partial charge on any atom is -0.451 e. The second kappa shape index (κ2) is 52.0. The molecule has 830 valence electrons. The zero-order valence-electron chi connectivity index (χ0n) is 94.0. The molecule has 1 amide bonds. The van der Waals surface area contributed by atoms with E-state index in [-0.39, 0.29) is 57.8 Å². The van der Waals surface area contributed by atoms with Crippen LogP contribution in [0, 0.1) is 0 Å². The molecule has 7 aromatic rings. The molecule has 1 saturated heterocycles. The van der Waals surface area contributed by atoms with Crippen molar-refractivity contribution in [2.75, 3.05) is 166 Å². The fourth-order valence-electron chi connectivity index (χ4n) is 18.0. The summed E-state index contributed by atoms with van der Waals surface area (Å²) in [5, 5.41) is 17.8. The average molecular weight is 2270 g/mol. The Morgan fingerprint density at radius 1 is 0.442 bits per heavy atom. The van der Waals surface area contributed by atoms with Crippen LogP contribution in [-0.2, 0) is 194 Å². The highest BCUT2D eigenvalue weighted by molar-refractivity contribution is 7.89. The Balaban J connectivity index is 0.000000176. The highest BCUT2D eigenvalue weighted by Crippen LogP contribution is 2.52. The second-order valence-electron chi connectivity index (χ2n) is 47.5. The van der Waals surface area contributed by atoms with Gasteiger partial charge in [0.25, 0.3) is 12.8 Å². The molecule has 33 nitrogen and oxygen atoms in total. The number of aromatic nitrogens is 7. The van der Waals surface area contributed by atoms with E-state index >= 15 is 0 Å². The summed E-state index contributed by atoms with van der Waals surface area (Å²) < 4.78 is 129. The molecule has 15 heterocycles. The van der Waals surface area contributed by atoms with Crippen molar-refractivity contribution in [1.29, 1.82) is 0 Å². The van der Waals surface area contributed by atoms with Crippen molar-refractivity contribution >= 4 is 145 Å². The average Bonchev–Trinajstić information content (AvgIpc) is 1.46. The smallest absolute Gasteiger partial charge is 0.451 e. The molecule has 2 atom stereocenters. The van der Waals surface area contributed by atoms with Gasteiger partial charge in [0.2, 0.25) is 30.1 Å². The largest absolute Gasteiger partial charge is 0.456 e. The number of nitrogens with zero attached hydrogens (tertiary/aromatic N) is 15. The number of sulfonamides is 3. The van der Waals surface area contributed by atoms with Gasteiger partial charge >= 0.3 is 22.3 Å². The van der Waals surface area contributed by atoms with Crippen LogP contribution in [0.2, 0.25) is 19.5 Å². The molecule has 3 N–H and O–H groups in total. The van der Waals surface area contributed by atoms with Gasteiger partial charge < -0.3 is 32.4 Å². The van der Waals surface area contributed by atoms with E-state index in [2.05, 4.69) is 189 Å². The van der Waals surface area contributed by atoms with Crippen molar-refractivity contribution in [3.63, 3.8) is 0 Å². The Bertz CT molecular complexity index is 5920. The van der Waals surface area contributed by atoms with Crippen molar-refractivity contribution in [3.05, 3.63) is 109 Å². The first-order valence-electron chi connectivity index (χ1n) is 51.7. The van der Waals surface area contributed by atoms with Gasteiger partial charge in [0.05, 0.1) is 99.8 Å². The Labute approximate surface area is 909 Å². The highest BCUT2D eigenvalue weighted by atomic mass is 32.2. The van der Waals surface area contributed by atoms with E-state index in [0.717, 1.165) is 192 Å². The van der Waals surface area contributed by atoms with Gasteiger partial charge in [-0.2, -0.15) is 0 Å². The van der Waals surface area contributed by atoms with E-state index in [1.54, 1.807) is 66.6 Å². The Morgan fingerprint density at radius 2 is 0.776 bits per heavy atom. The minimum atomic E-state index is -3.52. The van der Waals surface area contributed by atoms with Crippen molar-refractivity contribution in [2.24, 2.45) is 0 Å². The lowest BCUT2D eigenvalue weighted by Crippen LogP contribution is -2.51. The minimum absolute atomic E-state index is 0.0256. The molecular weight excluding hydrogens is 2100 g/mol. The number of hydrogen-bond acceptors (Lipinski definition) is 37. The zero-order valence-corrected chi connectivity index (χ0v) is 104. The third-order valence-corrected chi connectivity index (χ3v) is 44.1. The van der Waals surface area contributed by atoms with Gasteiger partial charge in [0.1, 0.15) is 11.8 Å². The number of nitrogens with one attached hydrogen (secondary N) is 2. The number of likely N-dealkylation sites (N-methyl/N-ethyl adjacent to an activating group) is 1. The van der Waals surface area contributed by atoms with E-state index < -0.39 is 50.8 Å². The molecule has 147 heavy (non-hydrogen) atoms. The van der Waals surface area contributed by atoms with Gasteiger partial charge in [-0.05, 0) is 64.3 Å². The summed E-state index contributed by atoms with van der Waals surface area (Å²) in [6.45, 7) is 64.5. The Hall–Kier alpha value is -3.32. The van der Waals surface area contributed by atoms with E-state index in [9.17, 15) is 44.2 Å². The zero-order chi connectivity index (χ0) is 109. The van der Waals surface area contributed by atoms with Crippen molar-refractivity contribution in [2.45, 2.75) is 343 Å². The first kappa shape index (κ1) is 125. The van der Waals surface area contributed by atoms with Crippen LogP contribution in [0.4, 0.5) is 0 Å². The summed E-state index contributed by atoms with van der Waals surface area (Å²) in [7, 11) is -4.86. The maximum Gasteiger partial charge on any atom is 0.456 e. The predicted molar refractivity (Wildman–Crippen MR) is 607 cm³/mol. The molecule has 2 unspecified atom stereocenters. The van der Waals surface area contributed by atoms with Gasteiger partial charge in [0.15, 0.2) is 0 Å². The van der Waals surface area contributed by atoms with Gasteiger partial charge in [-0.3, -0.25) is 52.9 Å². The molecule has 8 aliphatic heterocycles. The fraction of sp³-hybridized carbons (Fsp3) is 0.780. The topological polar surface area (TPSA) is 369 Å². The number of carbonyl (C=O) groups excluding carboxylic acids is 1. The molecular formula is C100H173B2N17O16P2S10. The summed E-state index contributed by atoms with van der Waals surface area (Å²) in [5.74, 6) is -0.385. The van der Waals surface area contributed by atoms with Crippen LogP contribution in [0.1, 0.15) is 299 Å². The standard InChI is InChI=1S/C15H27BN2O2S.C15H23N3O3S2.C15H25N3O2S2.C14H25BN2OS.C14H25N3O2S2.C14H25N2O3PS.C13H23N2O3PS/c1-15(2,3)14-17-12-7-10-18(11-13(12)21-14)9-6-8-16(19-4)20-5;1-14(2,3)13-16-10-5-8-18(9-11(10)22-13)15(6-7-15)12(19)17-23(4,20)21;1-15(2,3)14-17-11-9-10-5-6-12(13(11)21-14)18(10)8-7-16-22(4,19)20;1-14(2,3)13-16-11-6-9-17(10-12(11)19-13)8-5-7-15(4)18;1-14(2,3)13-15-11-6-7-17(10-12(11)20-13)9-8-16(4)21(5,18)19;1-14(2,3)13-15-11-6-7-16(10-12(11)21-13)8-9-20(17,18-4)19-5;1-13(2,3)12-14-10-6-7-15(8-11(10)20-12)9-19(16,17-4)18-5/h6-11H2,1-5H3;5-9H2,1-4H3,(H,17,19);10,12,16H,5-9H2,1-4H3;18H,5-10H2,1-4H3;2*6-10H2,1-5H3;6-9H2,1-5H3. The molecule has 0 aromatic carbocycles. The molecule has 16 rings (SSSR count). The summed E-state index contributed by atoms with van der Waals surface area (Å²) in [5.41, 5.74) is 8.84. The van der Waals surface area contributed by atoms with Crippen LogP contribution >= 0.6 is 94.5 Å². The lowest BCUT2D eigenvalue weighted by Gasteiger charge is -2.33. The molecule has 47 heteroatoms. The molecule has 0 radical (unpaired) electrons. The monoisotopic (exact) mass is 2270 g/mol. The van der Waals surface area contributed by atoms with E-state index in [1.165, 1.54) is 156 Å². The summed E-state index contributed by atoms with van der Waals surface area (Å²) in [6.07, 6.45) is 18.9. The third-order valence-electron chi connectivity index (χ3n) is 27.1. The van der Waals surface area contributed by atoms with Crippen molar-refractivity contribution in [3.8, 4) is 0 Å². The third kappa shape index (κ3) is 36.9.